The van der Waals surface area contributed by atoms with Gasteiger partial charge in [-0.15, -0.1) is 0 Å². The number of anilines is 5. The number of benzene rings is 2. The molecule has 0 saturated carbocycles. The van der Waals surface area contributed by atoms with Crippen molar-refractivity contribution in [1.29, 1.82) is 0 Å². The van der Waals surface area contributed by atoms with E-state index in [0.29, 0.717) is 40.1 Å². The fourth-order valence-corrected chi connectivity index (χ4v) is 8.12. The topological polar surface area (TPSA) is 106 Å². The molecule has 1 aliphatic rings. The number of piperidine rings is 1. The van der Waals surface area contributed by atoms with Crippen molar-refractivity contribution in [3.63, 3.8) is 0 Å². The minimum atomic E-state index is -1.33. The molecule has 0 spiro atoms. The van der Waals surface area contributed by atoms with Gasteiger partial charge < -0.3 is 35.4 Å². The number of nitrogens with one attached hydrogen (secondary N) is 2. The molecule has 0 aliphatic carbocycles. The van der Waals surface area contributed by atoms with Crippen LogP contribution in [0.25, 0.3) is 0 Å². The number of nitrogens with zero attached hydrogens (tertiary/aromatic N) is 4. The Morgan fingerprint density at radius 1 is 1.12 bits per heavy atom. The first-order valence-electron chi connectivity index (χ1n) is 14.4. The number of rotatable bonds is 11. The largest absolute Gasteiger partial charge is 0.494 e. The van der Waals surface area contributed by atoms with E-state index in [0.717, 1.165) is 42.6 Å². The number of halogens is 1. The van der Waals surface area contributed by atoms with Crippen molar-refractivity contribution in [2.75, 3.05) is 42.8 Å². The van der Waals surface area contributed by atoms with Crippen LogP contribution in [0.15, 0.2) is 48.7 Å². The van der Waals surface area contributed by atoms with Crippen molar-refractivity contribution in [3.05, 3.63) is 53.7 Å². The summed E-state index contributed by atoms with van der Waals surface area (Å²) in [6, 6.07) is 14.3. The Kier molecular flexibility index (Phi) is 10.8. The Labute approximate surface area is 260 Å². The molecular weight excluding hydrogens is 565 g/mol. The van der Waals surface area contributed by atoms with Crippen LogP contribution in [0.1, 0.15) is 12.8 Å². The van der Waals surface area contributed by atoms with Gasteiger partial charge in [0.15, 0.2) is 5.82 Å². The predicted octanol–water partition coefficient (Wildman–Crippen LogP) is -1.04. The number of aliphatic hydroxyl groups is 2. The Bertz CT molecular complexity index is 1360. The van der Waals surface area contributed by atoms with E-state index in [1.807, 2.05) is 30.3 Å². The maximum absolute atomic E-state index is 10.8. The molecule has 0 bridgehead atoms. The lowest BCUT2D eigenvalue weighted by atomic mass is 9.76. The average Bonchev–Trinajstić information content (AvgIpc) is 2.94. The molecule has 16 heteroatoms. The van der Waals surface area contributed by atoms with E-state index in [-0.39, 0.29) is 0 Å². The summed E-state index contributed by atoms with van der Waals surface area (Å²) in [7, 11) is 12.2. The Morgan fingerprint density at radius 3 is 2.43 bits per heavy atom. The molecule has 2 heterocycles. The molecule has 42 heavy (non-hydrogen) atoms. The molecule has 0 amide bonds. The third-order valence-corrected chi connectivity index (χ3v) is 10.9. The summed E-state index contributed by atoms with van der Waals surface area (Å²) in [6.07, 6.45) is 3.79. The van der Waals surface area contributed by atoms with Gasteiger partial charge in [-0.05, 0) is 51.9 Å². The van der Waals surface area contributed by atoms with Crippen molar-refractivity contribution < 1.29 is 14.9 Å². The second-order valence-electron chi connectivity index (χ2n) is 11.5. The maximum atomic E-state index is 10.8. The van der Waals surface area contributed by atoms with Crippen LogP contribution in [0.2, 0.25) is 5.02 Å². The van der Waals surface area contributed by atoms with Gasteiger partial charge in [-0.1, -0.05) is 29.8 Å². The number of para-hydroxylation sites is 1. The standard InChI is InChI=1S/C26H39B5ClN6O3P/c1-37(23(27)28)15-9-11-38(12-10-15)16-7-8-18(20(13-16)41-2)35-25-33-14-17(32)22(36-25)34-19-5-3-4-6-21(19)42(24(29)39)26(30,31)40/h3-8,13-15,23-24,39-40H,9-12,27-31H2,1-2H3,(H2,33,34,35,36). The molecule has 1 saturated heterocycles. The number of hydrogen-bond acceptors (Lipinski definition) is 9. The minimum Gasteiger partial charge on any atom is -0.494 e. The Balaban J connectivity index is 1.52. The highest BCUT2D eigenvalue weighted by atomic mass is 35.5. The summed E-state index contributed by atoms with van der Waals surface area (Å²) in [4.78, 5) is 13.9. The van der Waals surface area contributed by atoms with Gasteiger partial charge in [-0.3, -0.25) is 0 Å². The summed E-state index contributed by atoms with van der Waals surface area (Å²) in [5.41, 5.74) is 2.58. The van der Waals surface area contributed by atoms with Crippen molar-refractivity contribution >= 4 is 92.9 Å². The number of methoxy groups -OCH3 is 1. The molecule has 1 aliphatic heterocycles. The third-order valence-electron chi connectivity index (χ3n) is 7.78. The van der Waals surface area contributed by atoms with E-state index in [4.69, 9.17) is 16.3 Å². The van der Waals surface area contributed by atoms with Gasteiger partial charge in [0, 0.05) is 52.8 Å². The van der Waals surface area contributed by atoms with Crippen LogP contribution in [-0.2, 0) is 0 Å². The molecule has 2 atom stereocenters. The summed E-state index contributed by atoms with van der Waals surface area (Å²) < 4.78 is 5.75. The first kappa shape index (κ1) is 32.6. The van der Waals surface area contributed by atoms with E-state index in [1.54, 1.807) is 30.6 Å². The monoisotopic (exact) mass is 604 g/mol. The number of aliphatic hydroxyl groups excluding tert-OH is 1. The molecular formula is C26H39B5ClN6O3P. The predicted molar refractivity (Wildman–Crippen MR) is 190 cm³/mol. The van der Waals surface area contributed by atoms with Gasteiger partial charge in [0.05, 0.1) is 19.0 Å². The summed E-state index contributed by atoms with van der Waals surface area (Å²) in [5.74, 6) is 1.28. The van der Waals surface area contributed by atoms with E-state index in [9.17, 15) is 10.2 Å². The third kappa shape index (κ3) is 7.77. The van der Waals surface area contributed by atoms with Gasteiger partial charge in [0.25, 0.3) is 0 Å². The Morgan fingerprint density at radius 2 is 1.81 bits per heavy atom. The van der Waals surface area contributed by atoms with Gasteiger partial charge in [-0.25, -0.2) is 4.98 Å². The number of aromatic nitrogens is 2. The molecule has 1 fully saturated rings. The van der Waals surface area contributed by atoms with Gasteiger partial charge >= 0.3 is 0 Å². The van der Waals surface area contributed by atoms with Crippen LogP contribution < -0.4 is 25.6 Å². The molecule has 3 aromatic rings. The van der Waals surface area contributed by atoms with Crippen LogP contribution in [-0.4, -0.2) is 114 Å². The minimum absolute atomic E-state index is 0.341. The van der Waals surface area contributed by atoms with E-state index >= 15 is 0 Å². The first-order valence-corrected chi connectivity index (χ1v) is 16.2. The van der Waals surface area contributed by atoms with Gasteiger partial charge in [0.1, 0.15) is 50.0 Å². The zero-order chi connectivity index (χ0) is 30.6. The van der Waals surface area contributed by atoms with Crippen molar-refractivity contribution in [2.45, 2.75) is 35.6 Å². The van der Waals surface area contributed by atoms with E-state index in [1.165, 1.54) is 6.20 Å². The van der Waals surface area contributed by atoms with Crippen LogP contribution in [0.5, 0.6) is 5.75 Å². The number of ether oxygens (including phenoxy) is 1. The molecule has 2 aromatic carbocycles. The van der Waals surface area contributed by atoms with E-state index < -0.39 is 18.8 Å². The fourth-order valence-electron chi connectivity index (χ4n) is 5.44. The zero-order valence-corrected chi connectivity index (χ0v) is 27.2. The second-order valence-corrected chi connectivity index (χ2v) is 15.0. The highest BCUT2D eigenvalue weighted by Gasteiger charge is 2.33. The van der Waals surface area contributed by atoms with Crippen molar-refractivity contribution in [3.8, 4) is 5.75 Å². The van der Waals surface area contributed by atoms with Crippen LogP contribution in [0, 0.1) is 0 Å². The lowest BCUT2D eigenvalue weighted by Gasteiger charge is -2.39. The SMILES string of the molecule is BC(B)N(C)C1CCN(c2ccc(Nc3ncc(Cl)c(Nc4ccccc4P(C(B)O)C(B)(B)O)n3)c(OC)c2)CC1. The molecule has 1 aromatic heterocycles. The van der Waals surface area contributed by atoms with Gasteiger partial charge in [0.2, 0.25) is 5.95 Å². The van der Waals surface area contributed by atoms with Crippen molar-refractivity contribution in [1.82, 2.24) is 14.9 Å². The van der Waals surface area contributed by atoms with Crippen molar-refractivity contribution in [2.24, 2.45) is 0 Å². The molecule has 4 N–H and O–H groups in total. The highest BCUT2D eigenvalue weighted by Crippen LogP contribution is 2.48. The molecule has 0 radical (unpaired) electrons. The summed E-state index contributed by atoms with van der Waals surface area (Å²) in [5, 5.41) is 28.0. The molecule has 2 unspecified atom stereocenters. The Hall–Kier alpha value is -2.36. The van der Waals surface area contributed by atoms with Gasteiger partial charge in [-0.2, -0.15) is 4.98 Å². The zero-order valence-electron chi connectivity index (χ0n) is 25.6. The summed E-state index contributed by atoms with van der Waals surface area (Å²) in [6.45, 7) is 2.00. The average molecular weight is 604 g/mol. The highest BCUT2D eigenvalue weighted by molar-refractivity contribution is 7.72. The first-order chi connectivity index (χ1) is 19.9. The fraction of sp³-hybridized carbons (Fsp3) is 0.385. The summed E-state index contributed by atoms with van der Waals surface area (Å²) >= 11 is 6.50. The second kappa shape index (κ2) is 14.0. The smallest absolute Gasteiger partial charge is 0.229 e. The maximum Gasteiger partial charge on any atom is 0.229 e. The molecule has 9 nitrogen and oxygen atoms in total. The van der Waals surface area contributed by atoms with Crippen LogP contribution >= 0.6 is 19.5 Å². The lowest BCUT2D eigenvalue weighted by Crippen LogP contribution is -2.47. The molecule has 218 valence electrons. The number of hydrogen-bond donors (Lipinski definition) is 4. The van der Waals surface area contributed by atoms with E-state index in [2.05, 4.69) is 65.3 Å². The normalized spacial score (nSPS) is 15.9. The lowest BCUT2D eigenvalue weighted by molar-refractivity contribution is 0.222. The molecule has 4 rings (SSSR count). The van der Waals surface area contributed by atoms with Crippen LogP contribution in [0.3, 0.4) is 0 Å². The quantitative estimate of drug-likeness (QED) is 0.162. The van der Waals surface area contributed by atoms with Crippen LogP contribution in [0.4, 0.5) is 28.8 Å².